The molecule has 0 bridgehead atoms. The molecule has 0 rings (SSSR count). The van der Waals surface area contributed by atoms with Crippen LogP contribution in [0, 0.1) is 0 Å². The molecule has 0 radical (unpaired) electrons. The quantitative estimate of drug-likeness (QED) is 0.170. The van der Waals surface area contributed by atoms with Crippen molar-refractivity contribution < 1.29 is 85.9 Å². The van der Waals surface area contributed by atoms with E-state index in [0.717, 1.165) is 0 Å². The number of carboxylic acids is 3. The summed E-state index contributed by atoms with van der Waals surface area (Å²) in [5.74, 6) is -3.77. The van der Waals surface area contributed by atoms with Crippen LogP contribution < -0.4 is 56.7 Å². The number of nitrogens with zero attached hydrogens (tertiary/aromatic N) is 1. The van der Waals surface area contributed by atoms with Gasteiger partial charge in [-0.1, -0.05) is 0 Å². The number of nitrogens with one attached hydrogen (secondary N) is 1. The van der Waals surface area contributed by atoms with Crippen molar-refractivity contribution in [2.45, 2.75) is 24.9 Å². The predicted molar refractivity (Wildman–Crippen MR) is 62.0 cm³/mol. The summed E-state index contributed by atoms with van der Waals surface area (Å²) in [6.07, 6.45) is -0.581. The molecule has 0 aliphatic heterocycles. The third-order valence-electron chi connectivity index (χ3n) is 2.08. The van der Waals surface area contributed by atoms with Gasteiger partial charge in [-0.05, 0) is 12.6 Å². The zero-order chi connectivity index (χ0) is 14.8. The van der Waals surface area contributed by atoms with Crippen LogP contribution in [-0.2, 0) is 19.2 Å². The Morgan fingerprint density at radius 1 is 1.10 bits per heavy atom. The number of carbonyl (C=O) groups excluding carboxylic acids is 1. The maximum atomic E-state index is 10.7. The van der Waals surface area contributed by atoms with Crippen LogP contribution >= 0.6 is 0 Å². The number of carbonyl (C=O) groups is 4. The van der Waals surface area contributed by atoms with Crippen LogP contribution in [0.15, 0.2) is 0 Å². The fraction of sp³-hybridized carbons (Fsp3) is 0.600. The Morgan fingerprint density at radius 3 is 2.05 bits per heavy atom. The first-order valence-corrected chi connectivity index (χ1v) is 5.38. The normalized spacial score (nSPS) is 12.8. The van der Waals surface area contributed by atoms with Crippen molar-refractivity contribution in [3.8, 4) is 0 Å². The second-order valence-corrected chi connectivity index (χ2v) is 3.65. The Bertz CT molecular complexity index is 350. The summed E-state index contributed by atoms with van der Waals surface area (Å²) in [7, 11) is 0. The number of aliphatic carboxylic acids is 3. The third-order valence-corrected chi connectivity index (χ3v) is 2.08. The van der Waals surface area contributed by atoms with E-state index < -0.39 is 36.4 Å². The summed E-state index contributed by atoms with van der Waals surface area (Å²) < 4.78 is 0. The molecule has 0 saturated heterocycles. The van der Waals surface area contributed by atoms with E-state index in [1.54, 1.807) is 0 Å². The first-order chi connectivity index (χ1) is 8.86. The average Bonchev–Trinajstić information content (AvgIpc) is 2.30. The summed E-state index contributed by atoms with van der Waals surface area (Å²) in [6, 6.07) is -2.23. The SMILES string of the molecule is O=CC(CC(=O)O)NCC[N-]C(CC(=O)O)C(=O)O.[K+]. The van der Waals surface area contributed by atoms with Gasteiger partial charge in [0.15, 0.2) is 0 Å². The zero-order valence-electron chi connectivity index (χ0n) is 11.0. The predicted octanol–water partition coefficient (Wildman–Crippen LogP) is -4.08. The van der Waals surface area contributed by atoms with Crippen LogP contribution in [0.4, 0.5) is 0 Å². The first-order valence-electron chi connectivity index (χ1n) is 5.38. The van der Waals surface area contributed by atoms with Gasteiger partial charge in [0.2, 0.25) is 0 Å². The van der Waals surface area contributed by atoms with Crippen molar-refractivity contribution in [2.24, 2.45) is 0 Å². The van der Waals surface area contributed by atoms with Gasteiger partial charge in [-0.25, -0.2) is 0 Å². The van der Waals surface area contributed by atoms with E-state index in [0.29, 0.717) is 6.29 Å². The minimum absolute atomic E-state index is 0. The molecule has 108 valence electrons. The summed E-state index contributed by atoms with van der Waals surface area (Å²) in [5, 5.41) is 31.8. The number of carboxylic acid groups (broad SMARTS) is 3. The minimum Gasteiger partial charge on any atom is -0.649 e. The van der Waals surface area contributed by atoms with Crippen LogP contribution in [-0.4, -0.2) is 64.7 Å². The summed E-state index contributed by atoms with van der Waals surface area (Å²) in [6.45, 7) is 0.0499. The molecule has 20 heavy (non-hydrogen) atoms. The van der Waals surface area contributed by atoms with Gasteiger partial charge >= 0.3 is 63.3 Å². The summed E-state index contributed by atoms with van der Waals surface area (Å²) in [4.78, 5) is 41.9. The van der Waals surface area contributed by atoms with Gasteiger partial charge in [0.25, 0.3) is 5.97 Å². The molecule has 0 fully saturated rings. The van der Waals surface area contributed by atoms with Crippen LogP contribution in [0.25, 0.3) is 5.32 Å². The Kier molecular flexibility index (Phi) is 13.6. The molecule has 0 amide bonds. The fourth-order valence-corrected chi connectivity index (χ4v) is 1.22. The Labute approximate surface area is 157 Å². The minimum atomic E-state index is -1.35. The number of hydrogen-bond donors (Lipinski definition) is 4. The summed E-state index contributed by atoms with van der Waals surface area (Å²) in [5.41, 5.74) is 0. The van der Waals surface area contributed by atoms with E-state index in [2.05, 4.69) is 10.6 Å². The van der Waals surface area contributed by atoms with E-state index in [1.807, 2.05) is 0 Å². The van der Waals surface area contributed by atoms with Gasteiger partial charge in [-0.15, -0.1) is 6.54 Å². The molecule has 0 aromatic carbocycles. The second kappa shape index (κ2) is 12.4. The number of hydrogen-bond acceptors (Lipinski definition) is 5. The van der Waals surface area contributed by atoms with E-state index in [9.17, 15) is 19.2 Å². The molecular formula is C10H15KN2O7. The van der Waals surface area contributed by atoms with E-state index in [1.165, 1.54) is 0 Å². The molecule has 9 nitrogen and oxygen atoms in total. The van der Waals surface area contributed by atoms with Crippen molar-refractivity contribution in [3.05, 3.63) is 5.32 Å². The maximum absolute atomic E-state index is 10.7. The molecule has 0 aromatic rings. The van der Waals surface area contributed by atoms with Crippen molar-refractivity contribution in [1.29, 1.82) is 0 Å². The van der Waals surface area contributed by atoms with Gasteiger partial charge in [-0.3, -0.25) is 14.4 Å². The van der Waals surface area contributed by atoms with Gasteiger partial charge in [0.05, 0.1) is 12.5 Å². The van der Waals surface area contributed by atoms with Gasteiger partial charge in [-0.2, -0.15) is 0 Å². The van der Waals surface area contributed by atoms with Crippen molar-refractivity contribution in [2.75, 3.05) is 13.1 Å². The Morgan fingerprint density at radius 2 is 1.65 bits per heavy atom. The molecule has 0 aromatic heterocycles. The molecule has 0 spiro atoms. The fourth-order valence-electron chi connectivity index (χ4n) is 1.22. The Hall–Kier alpha value is -0.364. The number of rotatable bonds is 11. The monoisotopic (exact) mass is 314 g/mol. The molecule has 0 aliphatic carbocycles. The van der Waals surface area contributed by atoms with Gasteiger partial charge in [0.1, 0.15) is 6.29 Å². The van der Waals surface area contributed by atoms with Crippen molar-refractivity contribution in [1.82, 2.24) is 5.32 Å². The molecule has 2 atom stereocenters. The summed E-state index contributed by atoms with van der Waals surface area (Å²) >= 11 is 0. The zero-order valence-corrected chi connectivity index (χ0v) is 14.1. The number of aldehydes is 1. The standard InChI is InChI=1S/C10H15N2O7.K/c13-5-6(3-8(14)15)11-1-2-12-7(10(18)19)4-9(16)17;/h5-7,11H,1-4H2,(H,14,15)(H,16,17)(H,18,19);/q-1;+1. The van der Waals surface area contributed by atoms with Crippen LogP contribution in [0.3, 0.4) is 0 Å². The van der Waals surface area contributed by atoms with Gasteiger partial charge in [0, 0.05) is 6.42 Å². The molecule has 0 saturated carbocycles. The first kappa shape index (κ1) is 21.9. The van der Waals surface area contributed by atoms with Crippen LogP contribution in [0.1, 0.15) is 12.8 Å². The molecular weight excluding hydrogens is 299 g/mol. The van der Waals surface area contributed by atoms with Crippen LogP contribution in [0.5, 0.6) is 0 Å². The van der Waals surface area contributed by atoms with E-state index in [-0.39, 0.29) is 70.9 Å². The molecule has 2 unspecified atom stereocenters. The molecule has 10 heteroatoms. The molecule has 0 aliphatic rings. The largest absolute Gasteiger partial charge is 1.00 e. The molecule has 0 heterocycles. The topological polar surface area (TPSA) is 155 Å². The Balaban J connectivity index is 0. The van der Waals surface area contributed by atoms with Crippen molar-refractivity contribution >= 4 is 24.2 Å². The maximum Gasteiger partial charge on any atom is 1.00 e. The van der Waals surface area contributed by atoms with Crippen molar-refractivity contribution in [3.63, 3.8) is 0 Å². The smallest absolute Gasteiger partial charge is 0.649 e. The third kappa shape index (κ3) is 11.5. The van der Waals surface area contributed by atoms with Crippen LogP contribution in [0.2, 0.25) is 0 Å². The molecule has 4 N–H and O–H groups in total. The van der Waals surface area contributed by atoms with E-state index in [4.69, 9.17) is 15.3 Å². The second-order valence-electron chi connectivity index (χ2n) is 3.65. The van der Waals surface area contributed by atoms with Gasteiger partial charge < -0.3 is 30.7 Å². The average molecular weight is 314 g/mol. The van der Waals surface area contributed by atoms with E-state index >= 15 is 0 Å².